The lowest BCUT2D eigenvalue weighted by Gasteiger charge is -2.30. The van der Waals surface area contributed by atoms with Gasteiger partial charge in [-0.15, -0.1) is 0 Å². The zero-order chi connectivity index (χ0) is 17.1. The van der Waals surface area contributed by atoms with E-state index in [-0.39, 0.29) is 5.91 Å². The molecule has 5 heteroatoms. The molecule has 1 aromatic carbocycles. The number of carbonyl (C=O) groups excluding carboxylic acids is 1. The van der Waals surface area contributed by atoms with E-state index in [9.17, 15) is 4.79 Å². The van der Waals surface area contributed by atoms with Gasteiger partial charge in [0.2, 0.25) is 0 Å². The topological polar surface area (TPSA) is 58.1 Å². The molecule has 1 aliphatic rings. The van der Waals surface area contributed by atoms with E-state index in [0.717, 1.165) is 47.7 Å². The third kappa shape index (κ3) is 3.35. The van der Waals surface area contributed by atoms with Gasteiger partial charge in [0, 0.05) is 36.6 Å². The third-order valence-corrected chi connectivity index (χ3v) is 4.31. The van der Waals surface area contributed by atoms with Gasteiger partial charge >= 0.3 is 0 Å². The van der Waals surface area contributed by atoms with Crippen LogP contribution < -0.4 is 5.32 Å². The first-order chi connectivity index (χ1) is 12.3. The molecule has 0 saturated carbocycles. The quantitative estimate of drug-likeness (QED) is 0.792. The molecule has 4 rings (SSSR count). The summed E-state index contributed by atoms with van der Waals surface area (Å²) in [7, 11) is 0. The highest BCUT2D eigenvalue weighted by atomic mass is 16.2. The van der Waals surface area contributed by atoms with Crippen LogP contribution in [-0.2, 0) is 0 Å². The maximum atomic E-state index is 12.2. The molecule has 2 aromatic heterocycles. The van der Waals surface area contributed by atoms with Crippen LogP contribution in [0.3, 0.4) is 0 Å². The van der Waals surface area contributed by atoms with Crippen LogP contribution in [0.1, 0.15) is 16.8 Å². The number of likely N-dealkylation sites (tertiary alicyclic amines) is 1. The molecule has 0 bridgehead atoms. The number of amides is 1. The molecule has 3 heterocycles. The molecule has 25 heavy (non-hydrogen) atoms. The second-order valence-corrected chi connectivity index (χ2v) is 6.02. The first-order valence-electron chi connectivity index (χ1n) is 8.32. The normalized spacial score (nSPS) is 13.2. The molecule has 124 valence electrons. The molecule has 0 atom stereocenters. The minimum absolute atomic E-state index is 0.118. The van der Waals surface area contributed by atoms with E-state index in [1.807, 2.05) is 59.6 Å². The van der Waals surface area contributed by atoms with E-state index >= 15 is 0 Å². The van der Waals surface area contributed by atoms with Crippen molar-refractivity contribution in [1.29, 1.82) is 0 Å². The van der Waals surface area contributed by atoms with E-state index in [2.05, 4.69) is 15.3 Å². The van der Waals surface area contributed by atoms with Crippen molar-refractivity contribution in [3.05, 3.63) is 72.7 Å². The Bertz CT molecular complexity index is 856. The van der Waals surface area contributed by atoms with Crippen LogP contribution in [0.4, 0.5) is 11.5 Å². The highest BCUT2D eigenvalue weighted by Crippen LogP contribution is 2.22. The molecule has 0 unspecified atom stereocenters. The summed E-state index contributed by atoms with van der Waals surface area (Å²) in [6.45, 7) is 1.74. The Labute approximate surface area is 146 Å². The van der Waals surface area contributed by atoms with Gasteiger partial charge in [-0.3, -0.25) is 9.78 Å². The smallest absolute Gasteiger partial charge is 0.253 e. The number of aromatic nitrogens is 2. The number of benzene rings is 1. The monoisotopic (exact) mass is 330 g/mol. The molecule has 3 aromatic rings. The van der Waals surface area contributed by atoms with Gasteiger partial charge in [0.25, 0.3) is 5.91 Å². The summed E-state index contributed by atoms with van der Waals surface area (Å²) in [6, 6.07) is 15.5. The summed E-state index contributed by atoms with van der Waals surface area (Å²) in [5, 5.41) is 3.21. The lowest BCUT2D eigenvalue weighted by atomic mass is 10.0. The number of pyridine rings is 2. The van der Waals surface area contributed by atoms with Gasteiger partial charge in [-0.05, 0) is 48.4 Å². The van der Waals surface area contributed by atoms with Gasteiger partial charge in [0.15, 0.2) is 0 Å². The van der Waals surface area contributed by atoms with Gasteiger partial charge in [-0.1, -0.05) is 12.1 Å². The summed E-state index contributed by atoms with van der Waals surface area (Å²) in [4.78, 5) is 22.6. The fraction of sp³-hybridized carbons (Fsp3) is 0.150. The van der Waals surface area contributed by atoms with Crippen molar-refractivity contribution in [2.45, 2.75) is 6.42 Å². The van der Waals surface area contributed by atoms with E-state index in [1.54, 1.807) is 12.4 Å². The van der Waals surface area contributed by atoms with E-state index in [4.69, 9.17) is 0 Å². The minimum atomic E-state index is 0.118. The average molecular weight is 330 g/mol. The molecule has 0 spiro atoms. The minimum Gasteiger partial charge on any atom is -0.339 e. The molecule has 0 radical (unpaired) electrons. The highest BCUT2D eigenvalue weighted by Gasteiger charge is 2.21. The SMILES string of the molecule is O=C(c1ccc(-c2ccc(Nc3cccnc3)nc2)cc1)N1CCC1. The first-order valence-corrected chi connectivity index (χ1v) is 8.32. The molecule has 1 aliphatic heterocycles. The largest absolute Gasteiger partial charge is 0.339 e. The van der Waals surface area contributed by atoms with Crippen LogP contribution in [0.15, 0.2) is 67.1 Å². The second kappa shape index (κ2) is 6.73. The Morgan fingerprint density at radius 1 is 0.960 bits per heavy atom. The first kappa shape index (κ1) is 15.3. The van der Waals surface area contributed by atoms with Crippen molar-refractivity contribution in [3.63, 3.8) is 0 Å². The predicted octanol–water partition coefficient (Wildman–Crippen LogP) is 3.73. The van der Waals surface area contributed by atoms with E-state index in [1.165, 1.54) is 0 Å². The van der Waals surface area contributed by atoms with Crippen LogP contribution in [-0.4, -0.2) is 33.9 Å². The Hall–Kier alpha value is -3.21. The lowest BCUT2D eigenvalue weighted by molar-refractivity contribution is 0.0652. The predicted molar refractivity (Wildman–Crippen MR) is 97.7 cm³/mol. The molecule has 5 nitrogen and oxygen atoms in total. The number of nitrogens with one attached hydrogen (secondary N) is 1. The van der Waals surface area contributed by atoms with Crippen molar-refractivity contribution in [2.24, 2.45) is 0 Å². The zero-order valence-electron chi connectivity index (χ0n) is 13.7. The molecular weight excluding hydrogens is 312 g/mol. The summed E-state index contributed by atoms with van der Waals surface area (Å²) in [5.74, 6) is 0.883. The standard InChI is InChI=1S/C20H18N4O/c25-20(24-11-2-12-24)16-6-4-15(5-7-16)17-8-9-19(22-13-17)23-18-3-1-10-21-14-18/h1,3-10,13-14H,2,11-12H2,(H,22,23). The van der Waals surface area contributed by atoms with Gasteiger partial charge in [-0.2, -0.15) is 0 Å². The summed E-state index contributed by atoms with van der Waals surface area (Å²) < 4.78 is 0. The number of anilines is 2. The summed E-state index contributed by atoms with van der Waals surface area (Å²) in [5.41, 5.74) is 3.70. The Morgan fingerprint density at radius 2 is 1.76 bits per heavy atom. The number of hydrogen-bond donors (Lipinski definition) is 1. The molecule has 1 saturated heterocycles. The lowest BCUT2D eigenvalue weighted by Crippen LogP contribution is -2.41. The van der Waals surface area contributed by atoms with Crippen molar-refractivity contribution in [3.8, 4) is 11.1 Å². The molecule has 1 fully saturated rings. The number of rotatable bonds is 4. The molecule has 0 aliphatic carbocycles. The summed E-state index contributed by atoms with van der Waals surface area (Å²) in [6.07, 6.45) is 6.42. The molecule has 1 amide bonds. The van der Waals surface area contributed by atoms with Crippen molar-refractivity contribution >= 4 is 17.4 Å². The third-order valence-electron chi connectivity index (χ3n) is 4.31. The van der Waals surface area contributed by atoms with Crippen LogP contribution in [0.5, 0.6) is 0 Å². The number of nitrogens with zero attached hydrogens (tertiary/aromatic N) is 3. The van der Waals surface area contributed by atoms with Crippen LogP contribution in [0.2, 0.25) is 0 Å². The van der Waals surface area contributed by atoms with Gasteiger partial charge in [-0.25, -0.2) is 4.98 Å². The van der Waals surface area contributed by atoms with Crippen LogP contribution in [0.25, 0.3) is 11.1 Å². The van der Waals surface area contributed by atoms with E-state index in [0.29, 0.717) is 0 Å². The Kier molecular flexibility index (Phi) is 4.12. The fourth-order valence-electron chi connectivity index (χ4n) is 2.73. The van der Waals surface area contributed by atoms with Crippen LogP contribution >= 0.6 is 0 Å². The average Bonchev–Trinajstić information content (AvgIpc) is 2.62. The Balaban J connectivity index is 1.47. The number of carbonyl (C=O) groups is 1. The summed E-state index contributed by atoms with van der Waals surface area (Å²) >= 11 is 0. The zero-order valence-corrected chi connectivity index (χ0v) is 13.7. The van der Waals surface area contributed by atoms with Crippen LogP contribution in [0, 0.1) is 0 Å². The van der Waals surface area contributed by atoms with E-state index < -0.39 is 0 Å². The fourth-order valence-corrected chi connectivity index (χ4v) is 2.73. The van der Waals surface area contributed by atoms with Crippen molar-refractivity contribution in [2.75, 3.05) is 18.4 Å². The molecular formula is C20H18N4O. The highest BCUT2D eigenvalue weighted by molar-refractivity contribution is 5.95. The Morgan fingerprint density at radius 3 is 2.36 bits per heavy atom. The van der Waals surface area contributed by atoms with Crippen molar-refractivity contribution in [1.82, 2.24) is 14.9 Å². The molecule has 1 N–H and O–H groups in total. The second-order valence-electron chi connectivity index (χ2n) is 6.02. The number of hydrogen-bond acceptors (Lipinski definition) is 4. The maximum absolute atomic E-state index is 12.2. The van der Waals surface area contributed by atoms with Gasteiger partial charge in [0.05, 0.1) is 11.9 Å². The van der Waals surface area contributed by atoms with Gasteiger partial charge < -0.3 is 10.2 Å². The van der Waals surface area contributed by atoms with Gasteiger partial charge in [0.1, 0.15) is 5.82 Å². The maximum Gasteiger partial charge on any atom is 0.253 e. The van der Waals surface area contributed by atoms with Crippen molar-refractivity contribution < 1.29 is 4.79 Å².